The molecule has 0 unspecified atom stereocenters. The fourth-order valence-corrected chi connectivity index (χ4v) is 0.596. The second kappa shape index (κ2) is 18.0. The van der Waals surface area contributed by atoms with Gasteiger partial charge in [0.1, 0.15) is 0 Å². The molecule has 0 bridgehead atoms. The minimum absolute atomic E-state index is 0. The summed E-state index contributed by atoms with van der Waals surface area (Å²) in [4.78, 5) is 0. The average Bonchev–Trinajstić information content (AvgIpc) is 1.62. The molecule has 0 aliphatic rings. The number of rotatable bonds is 2. The van der Waals surface area contributed by atoms with Crippen LogP contribution in [0.15, 0.2) is 0 Å². The molecule has 0 saturated carbocycles. The molecule has 84 valence electrons. The average molecular weight is 402 g/mol. The van der Waals surface area contributed by atoms with Crippen LogP contribution < -0.4 is 0 Å². The van der Waals surface area contributed by atoms with Gasteiger partial charge in [0.15, 0.2) is 0 Å². The van der Waals surface area contributed by atoms with Gasteiger partial charge in [0.05, 0.1) is 0 Å². The van der Waals surface area contributed by atoms with E-state index < -0.39 is 16.5 Å². The molecule has 0 amide bonds. The summed E-state index contributed by atoms with van der Waals surface area (Å²) < 4.78 is 0. The SMILES string of the molecule is CC(C)[N-]C(C)C.O.O.[Cl][Pt][Cl]. The molecule has 3 nitrogen and oxygen atoms in total. The van der Waals surface area contributed by atoms with Crippen LogP contribution in [0.25, 0.3) is 5.32 Å². The first-order valence-corrected chi connectivity index (χ1v) is 8.70. The van der Waals surface area contributed by atoms with Crippen LogP contribution in [0.5, 0.6) is 0 Å². The van der Waals surface area contributed by atoms with Crippen molar-refractivity contribution >= 4 is 18.8 Å². The van der Waals surface area contributed by atoms with Gasteiger partial charge in [0.25, 0.3) is 0 Å². The Bertz CT molecular complexity index is 61.5. The van der Waals surface area contributed by atoms with Crippen molar-refractivity contribution in [2.45, 2.75) is 39.8 Å². The van der Waals surface area contributed by atoms with E-state index in [0.29, 0.717) is 12.1 Å². The van der Waals surface area contributed by atoms with Gasteiger partial charge >= 0.3 is 35.3 Å². The van der Waals surface area contributed by atoms with Crippen molar-refractivity contribution in [3.63, 3.8) is 0 Å². The summed E-state index contributed by atoms with van der Waals surface area (Å²) in [7, 11) is 9.75. The van der Waals surface area contributed by atoms with Crippen molar-refractivity contribution in [1.82, 2.24) is 0 Å². The quantitative estimate of drug-likeness (QED) is 0.677. The molecule has 0 spiro atoms. The zero-order valence-corrected chi connectivity index (χ0v) is 11.5. The molecule has 12 heavy (non-hydrogen) atoms. The molecular formula is C6H18Cl2NO2Pt-. The van der Waals surface area contributed by atoms with Gasteiger partial charge in [-0.05, 0) is 0 Å². The van der Waals surface area contributed by atoms with E-state index >= 15 is 0 Å². The molecule has 4 N–H and O–H groups in total. The zero-order valence-electron chi connectivity index (χ0n) is 7.67. The van der Waals surface area contributed by atoms with Gasteiger partial charge in [-0.3, -0.25) is 0 Å². The van der Waals surface area contributed by atoms with Crippen LogP contribution in [-0.2, 0) is 16.5 Å². The van der Waals surface area contributed by atoms with Crippen LogP contribution in [0.2, 0.25) is 0 Å². The van der Waals surface area contributed by atoms with E-state index in [1.54, 1.807) is 0 Å². The molecule has 0 radical (unpaired) electrons. The molecular weight excluding hydrogens is 384 g/mol. The van der Waals surface area contributed by atoms with E-state index in [1.807, 2.05) is 0 Å². The van der Waals surface area contributed by atoms with Crippen LogP contribution in [0, 0.1) is 0 Å². The van der Waals surface area contributed by atoms with Gasteiger partial charge in [-0.15, -0.1) is 12.1 Å². The van der Waals surface area contributed by atoms with E-state index in [0.717, 1.165) is 0 Å². The third-order valence-electron chi connectivity index (χ3n) is 0.596. The number of hydrogen-bond acceptors (Lipinski definition) is 0. The minimum atomic E-state index is -0.472. The van der Waals surface area contributed by atoms with E-state index in [4.69, 9.17) is 18.8 Å². The Morgan fingerprint density at radius 3 is 1.08 bits per heavy atom. The molecule has 0 aliphatic carbocycles. The van der Waals surface area contributed by atoms with Crippen LogP contribution in [0.1, 0.15) is 27.7 Å². The Balaban J connectivity index is -0.0000000569. The van der Waals surface area contributed by atoms with Gasteiger partial charge in [-0.2, -0.15) is 0 Å². The molecule has 0 aromatic heterocycles. The first-order valence-electron chi connectivity index (χ1n) is 3.06. The predicted octanol–water partition coefficient (Wildman–Crippen LogP) is 1.90. The van der Waals surface area contributed by atoms with Crippen molar-refractivity contribution in [2.24, 2.45) is 0 Å². The molecule has 0 aromatic rings. The molecule has 0 saturated heterocycles. The normalized spacial score (nSPS) is 8.33. The van der Waals surface area contributed by atoms with E-state index in [1.165, 1.54) is 0 Å². The van der Waals surface area contributed by atoms with Crippen molar-refractivity contribution in [1.29, 1.82) is 0 Å². The van der Waals surface area contributed by atoms with E-state index in [-0.39, 0.29) is 11.0 Å². The molecule has 0 aliphatic heterocycles. The Kier molecular flexibility index (Phi) is 34.9. The second-order valence-corrected chi connectivity index (χ2v) is 5.66. The first-order chi connectivity index (χ1) is 4.54. The first kappa shape index (κ1) is 23.2. The topological polar surface area (TPSA) is 77.1 Å². The number of nitrogens with zero attached hydrogens (tertiary/aromatic N) is 1. The maximum atomic E-state index is 4.88. The molecule has 6 heteroatoms. The third kappa shape index (κ3) is 43.3. The van der Waals surface area contributed by atoms with E-state index in [9.17, 15) is 0 Å². The summed E-state index contributed by atoms with van der Waals surface area (Å²) >= 11 is -0.472. The monoisotopic (exact) mass is 401 g/mol. The van der Waals surface area contributed by atoms with Crippen LogP contribution in [0.3, 0.4) is 0 Å². The van der Waals surface area contributed by atoms with Crippen molar-refractivity contribution in [2.75, 3.05) is 0 Å². The fraction of sp³-hybridized carbons (Fsp3) is 1.00. The Morgan fingerprint density at radius 1 is 0.917 bits per heavy atom. The second-order valence-electron chi connectivity index (χ2n) is 2.38. The van der Waals surface area contributed by atoms with Gasteiger partial charge in [0, 0.05) is 0 Å². The van der Waals surface area contributed by atoms with Gasteiger partial charge < -0.3 is 16.3 Å². The van der Waals surface area contributed by atoms with Crippen molar-refractivity contribution < 1.29 is 27.4 Å². The summed E-state index contributed by atoms with van der Waals surface area (Å²) in [5.41, 5.74) is 0. The molecule has 0 atom stereocenters. The number of halogens is 2. The van der Waals surface area contributed by atoms with Crippen LogP contribution in [0.4, 0.5) is 0 Å². The fourth-order valence-electron chi connectivity index (χ4n) is 0.596. The van der Waals surface area contributed by atoms with Crippen molar-refractivity contribution in [3.05, 3.63) is 5.32 Å². The van der Waals surface area contributed by atoms with Crippen LogP contribution >= 0.6 is 18.8 Å². The summed E-state index contributed by atoms with van der Waals surface area (Å²) in [5.74, 6) is 0. The van der Waals surface area contributed by atoms with Gasteiger partial charge in [-0.1, -0.05) is 27.7 Å². The maximum absolute atomic E-state index is 4.88. The Morgan fingerprint density at radius 2 is 1.08 bits per heavy atom. The molecule has 0 heterocycles. The standard InChI is InChI=1S/C6H14N.2ClH.2H2O.Pt/c1-5(2)7-6(3)4;;;;;/h5-6H,1-4H3;2*1H;2*1H2;/q-1;;;;;+2/p-2. The number of hydrogen-bond donors (Lipinski definition) is 0. The molecule has 0 rings (SSSR count). The van der Waals surface area contributed by atoms with Crippen LogP contribution in [-0.4, -0.2) is 23.0 Å². The summed E-state index contributed by atoms with van der Waals surface area (Å²) in [6.45, 7) is 8.39. The zero-order chi connectivity index (χ0) is 8.57. The van der Waals surface area contributed by atoms with Gasteiger partial charge in [-0.25, -0.2) is 0 Å². The summed E-state index contributed by atoms with van der Waals surface area (Å²) in [6.07, 6.45) is 0. The summed E-state index contributed by atoms with van der Waals surface area (Å²) in [5, 5.41) is 4.28. The van der Waals surface area contributed by atoms with E-state index in [2.05, 4.69) is 33.0 Å². The van der Waals surface area contributed by atoms with Crippen molar-refractivity contribution in [3.8, 4) is 0 Å². The summed E-state index contributed by atoms with van der Waals surface area (Å²) in [6, 6.07) is 1.000. The van der Waals surface area contributed by atoms with Gasteiger partial charge in [0.2, 0.25) is 0 Å². The molecule has 0 aromatic carbocycles. The third-order valence-corrected chi connectivity index (χ3v) is 0.596. The molecule has 0 fully saturated rings. The predicted molar refractivity (Wildman–Crippen MR) is 52.6 cm³/mol. The Labute approximate surface area is 91.2 Å². The Hall–Kier alpha value is 1.15.